The second kappa shape index (κ2) is 8.36. The monoisotopic (exact) mass is 401 g/mol. The highest BCUT2D eigenvalue weighted by atomic mass is 19.1. The van der Waals surface area contributed by atoms with Crippen LogP contribution in [0.5, 0.6) is 0 Å². The van der Waals surface area contributed by atoms with Gasteiger partial charge in [0.05, 0.1) is 17.5 Å². The van der Waals surface area contributed by atoms with Crippen molar-refractivity contribution in [1.82, 2.24) is 15.4 Å². The molecule has 1 aliphatic heterocycles. The first-order valence-electron chi connectivity index (χ1n) is 9.01. The number of aromatic amines is 1. The standard InChI is InChI=1S/C16H11N5O2.C6H5F/c22-8-18-10-5-11-14-12(7-19-21-16(11)23)15(20-13(14)6-10)9-1-3-17-4-2-9;7-6-4-2-1-3-5-6/h1-8,20H,(H,18,22)(H,21,23);1-5H. The third-order valence-electron chi connectivity index (χ3n) is 4.47. The summed E-state index contributed by atoms with van der Waals surface area (Å²) in [5.41, 5.74) is 6.80. The van der Waals surface area contributed by atoms with Gasteiger partial charge in [-0.15, -0.1) is 0 Å². The van der Waals surface area contributed by atoms with Crippen molar-refractivity contribution in [3.63, 3.8) is 0 Å². The molecule has 7 nitrogen and oxygen atoms in total. The zero-order chi connectivity index (χ0) is 20.9. The molecular weight excluding hydrogens is 385 g/mol. The van der Waals surface area contributed by atoms with Gasteiger partial charge in [0.2, 0.25) is 6.41 Å². The fourth-order valence-corrected chi connectivity index (χ4v) is 3.19. The molecular formula is C22H16FN5O2. The van der Waals surface area contributed by atoms with Gasteiger partial charge in [0.1, 0.15) is 5.82 Å². The molecule has 30 heavy (non-hydrogen) atoms. The van der Waals surface area contributed by atoms with Crippen molar-refractivity contribution >= 4 is 35.1 Å². The molecule has 2 aromatic heterocycles. The molecule has 0 atom stereocenters. The Morgan fingerprint density at radius 3 is 2.47 bits per heavy atom. The van der Waals surface area contributed by atoms with Crippen LogP contribution in [0.4, 0.5) is 10.1 Å². The molecule has 0 saturated heterocycles. The number of rotatable bonds is 3. The molecule has 0 aliphatic carbocycles. The zero-order valence-electron chi connectivity index (χ0n) is 15.6. The number of nitrogens with one attached hydrogen (secondary N) is 3. The molecule has 0 bridgehead atoms. The van der Waals surface area contributed by atoms with E-state index >= 15 is 0 Å². The van der Waals surface area contributed by atoms with Gasteiger partial charge in [-0.1, -0.05) is 18.2 Å². The SMILES string of the molecule is Fc1ccccc1.O=CNc1cc2c3c(c(-c4ccncc4)[nH]c3c1)C=NNC2=O. The summed E-state index contributed by atoms with van der Waals surface area (Å²) in [6.07, 6.45) is 5.60. The predicted octanol–water partition coefficient (Wildman–Crippen LogP) is 3.70. The number of aromatic nitrogens is 2. The Balaban J connectivity index is 0.000000265. The maximum atomic E-state index is 12.2. The van der Waals surface area contributed by atoms with E-state index in [9.17, 15) is 14.0 Å². The summed E-state index contributed by atoms with van der Waals surface area (Å²) >= 11 is 0. The number of hydrogen-bond donors (Lipinski definition) is 3. The minimum atomic E-state index is -0.320. The lowest BCUT2D eigenvalue weighted by atomic mass is 10.0. The number of anilines is 1. The normalized spacial score (nSPS) is 11.8. The van der Waals surface area contributed by atoms with Crippen LogP contribution in [0.15, 0.2) is 72.1 Å². The topological polar surface area (TPSA) is 99.2 Å². The van der Waals surface area contributed by atoms with Gasteiger partial charge in [-0.2, -0.15) is 5.10 Å². The second-order valence-electron chi connectivity index (χ2n) is 6.35. The number of hydrogen-bond acceptors (Lipinski definition) is 4. The Kier molecular flexibility index (Phi) is 5.29. The van der Waals surface area contributed by atoms with Gasteiger partial charge >= 0.3 is 0 Å². The van der Waals surface area contributed by atoms with Crippen molar-refractivity contribution in [3.8, 4) is 11.3 Å². The highest BCUT2D eigenvalue weighted by Gasteiger charge is 2.21. The lowest BCUT2D eigenvalue weighted by molar-refractivity contribution is -0.105. The van der Waals surface area contributed by atoms with E-state index in [4.69, 9.17) is 0 Å². The second-order valence-corrected chi connectivity index (χ2v) is 6.35. The number of halogens is 1. The van der Waals surface area contributed by atoms with Gasteiger partial charge in [-0.25, -0.2) is 9.82 Å². The molecule has 0 unspecified atom stereocenters. The number of benzene rings is 2. The molecule has 4 aromatic rings. The van der Waals surface area contributed by atoms with E-state index in [0.29, 0.717) is 17.7 Å². The molecule has 8 heteroatoms. The van der Waals surface area contributed by atoms with Crippen LogP contribution in [0.3, 0.4) is 0 Å². The lowest BCUT2D eigenvalue weighted by Gasteiger charge is -2.04. The van der Waals surface area contributed by atoms with E-state index < -0.39 is 0 Å². The van der Waals surface area contributed by atoms with Crippen LogP contribution in [0.1, 0.15) is 15.9 Å². The summed E-state index contributed by atoms with van der Waals surface area (Å²) < 4.78 is 11.9. The Labute approximate surface area is 170 Å². The summed E-state index contributed by atoms with van der Waals surface area (Å²) in [7, 11) is 0. The summed E-state index contributed by atoms with van der Waals surface area (Å²) in [6.45, 7) is 0. The molecule has 5 rings (SSSR count). The van der Waals surface area contributed by atoms with Crippen molar-refractivity contribution < 1.29 is 14.0 Å². The van der Waals surface area contributed by atoms with E-state index in [2.05, 4.69) is 25.8 Å². The number of H-pyrrole nitrogens is 1. The highest BCUT2D eigenvalue weighted by molar-refractivity contribution is 6.18. The first-order chi connectivity index (χ1) is 14.7. The van der Waals surface area contributed by atoms with E-state index in [0.717, 1.165) is 27.7 Å². The minimum absolute atomic E-state index is 0.178. The first-order valence-corrected chi connectivity index (χ1v) is 9.01. The van der Waals surface area contributed by atoms with Crippen LogP contribution >= 0.6 is 0 Å². The van der Waals surface area contributed by atoms with Crippen molar-refractivity contribution in [2.75, 3.05) is 5.32 Å². The van der Waals surface area contributed by atoms with Gasteiger partial charge in [0.25, 0.3) is 5.91 Å². The van der Waals surface area contributed by atoms with E-state index in [1.165, 1.54) is 12.1 Å². The van der Waals surface area contributed by atoms with Crippen molar-refractivity contribution in [1.29, 1.82) is 0 Å². The molecule has 2 aromatic carbocycles. The molecule has 2 amide bonds. The largest absolute Gasteiger partial charge is 0.354 e. The van der Waals surface area contributed by atoms with Crippen LogP contribution in [-0.4, -0.2) is 28.5 Å². The number of hydrazone groups is 1. The van der Waals surface area contributed by atoms with Gasteiger partial charge in [0.15, 0.2) is 0 Å². The Hall–Kier alpha value is -4.33. The summed E-state index contributed by atoms with van der Waals surface area (Å²) in [5.74, 6) is -0.498. The first kappa shape index (κ1) is 19.0. The maximum Gasteiger partial charge on any atom is 0.272 e. The summed E-state index contributed by atoms with van der Waals surface area (Å²) in [4.78, 5) is 30.3. The molecule has 3 heterocycles. The maximum absolute atomic E-state index is 12.2. The van der Waals surface area contributed by atoms with Crippen LogP contribution < -0.4 is 10.7 Å². The highest BCUT2D eigenvalue weighted by Crippen LogP contribution is 2.34. The minimum Gasteiger partial charge on any atom is -0.354 e. The number of carbonyl (C=O) groups is 2. The molecule has 0 radical (unpaired) electrons. The van der Waals surface area contributed by atoms with Crippen molar-refractivity contribution in [2.24, 2.45) is 5.10 Å². The third kappa shape index (κ3) is 3.79. The number of amides is 2. The van der Waals surface area contributed by atoms with E-state index in [-0.39, 0.29) is 11.7 Å². The number of nitrogens with zero attached hydrogens (tertiary/aromatic N) is 2. The van der Waals surface area contributed by atoms with Crippen LogP contribution in [-0.2, 0) is 4.79 Å². The number of pyridine rings is 1. The predicted molar refractivity (Wildman–Crippen MR) is 113 cm³/mol. The van der Waals surface area contributed by atoms with Crippen molar-refractivity contribution in [2.45, 2.75) is 0 Å². The zero-order valence-corrected chi connectivity index (χ0v) is 15.6. The Morgan fingerprint density at radius 2 is 1.80 bits per heavy atom. The lowest BCUT2D eigenvalue weighted by Crippen LogP contribution is -2.16. The summed E-state index contributed by atoms with van der Waals surface area (Å²) in [5, 5.41) is 7.32. The van der Waals surface area contributed by atoms with Crippen LogP contribution in [0.25, 0.3) is 22.2 Å². The average molecular weight is 401 g/mol. The van der Waals surface area contributed by atoms with E-state index in [1.54, 1.807) is 48.9 Å². The van der Waals surface area contributed by atoms with Gasteiger partial charge in [0, 0.05) is 40.1 Å². The summed E-state index contributed by atoms with van der Waals surface area (Å²) in [6, 6.07) is 15.1. The third-order valence-corrected chi connectivity index (χ3v) is 4.47. The smallest absolute Gasteiger partial charge is 0.272 e. The van der Waals surface area contributed by atoms with Crippen LogP contribution in [0, 0.1) is 5.82 Å². The molecule has 0 fully saturated rings. The molecule has 148 valence electrons. The Morgan fingerprint density at radius 1 is 1.03 bits per heavy atom. The molecule has 0 saturated carbocycles. The van der Waals surface area contributed by atoms with Crippen LogP contribution in [0.2, 0.25) is 0 Å². The quantitative estimate of drug-likeness (QED) is 0.457. The Bertz CT molecular complexity index is 1240. The van der Waals surface area contributed by atoms with Gasteiger partial charge in [-0.3, -0.25) is 14.6 Å². The fourth-order valence-electron chi connectivity index (χ4n) is 3.19. The van der Waals surface area contributed by atoms with Gasteiger partial charge in [-0.05, 0) is 36.4 Å². The average Bonchev–Trinajstić information content (AvgIpc) is 3.04. The fraction of sp³-hybridized carbons (Fsp3) is 0. The van der Waals surface area contributed by atoms with E-state index in [1.807, 2.05) is 12.1 Å². The molecule has 0 spiro atoms. The van der Waals surface area contributed by atoms with Crippen molar-refractivity contribution in [3.05, 3.63) is 83.9 Å². The molecule has 3 N–H and O–H groups in total. The molecule has 1 aliphatic rings. The van der Waals surface area contributed by atoms with Gasteiger partial charge < -0.3 is 10.3 Å². The number of carbonyl (C=O) groups excluding carboxylic acids is 2.